The van der Waals surface area contributed by atoms with Crippen molar-refractivity contribution in [1.29, 1.82) is 0 Å². The van der Waals surface area contributed by atoms with E-state index >= 15 is 0 Å². The van der Waals surface area contributed by atoms with Gasteiger partial charge < -0.3 is 15.4 Å². The van der Waals surface area contributed by atoms with E-state index in [2.05, 4.69) is 37.6 Å². The van der Waals surface area contributed by atoms with Crippen LogP contribution in [0.5, 0.6) is 0 Å². The molecule has 0 bridgehead atoms. The monoisotopic (exact) mass is 531 g/mol. The summed E-state index contributed by atoms with van der Waals surface area (Å²) in [5.74, 6) is 2.82. The molecule has 1 aliphatic rings. The van der Waals surface area contributed by atoms with Gasteiger partial charge in [0.25, 0.3) is 5.91 Å². The molecule has 0 aliphatic heterocycles. The van der Waals surface area contributed by atoms with Crippen LogP contribution in [0.3, 0.4) is 0 Å². The second-order valence-electron chi connectivity index (χ2n) is 10.0. The quantitative estimate of drug-likeness (QED) is 0.260. The predicted molar refractivity (Wildman–Crippen MR) is 152 cm³/mol. The Hall–Kier alpha value is -4.12. The van der Waals surface area contributed by atoms with Crippen molar-refractivity contribution >= 4 is 30.1 Å². The van der Waals surface area contributed by atoms with Gasteiger partial charge in [-0.1, -0.05) is 11.6 Å². The third-order valence-electron chi connectivity index (χ3n) is 7.22. The Morgan fingerprint density at radius 1 is 1.26 bits per heavy atom. The van der Waals surface area contributed by atoms with Gasteiger partial charge in [0, 0.05) is 55.0 Å². The minimum atomic E-state index is -0.888. The smallest absolute Gasteiger partial charge is 0.252 e. The van der Waals surface area contributed by atoms with Crippen molar-refractivity contribution < 1.29 is 9.53 Å². The van der Waals surface area contributed by atoms with Gasteiger partial charge in [-0.05, 0) is 72.2 Å². The summed E-state index contributed by atoms with van der Waals surface area (Å²) in [7, 11) is 1.61. The van der Waals surface area contributed by atoms with Crippen LogP contribution in [-0.4, -0.2) is 61.3 Å². The fraction of sp³-hybridized carbons (Fsp3) is 0.429. The molecular weight excluding hydrogens is 494 g/mol. The van der Waals surface area contributed by atoms with Crippen LogP contribution in [0.15, 0.2) is 53.3 Å². The van der Waals surface area contributed by atoms with Gasteiger partial charge in [-0.3, -0.25) is 9.89 Å². The number of H-pyrrole nitrogens is 1. The van der Waals surface area contributed by atoms with Gasteiger partial charge in [0.15, 0.2) is 11.6 Å². The summed E-state index contributed by atoms with van der Waals surface area (Å²) in [4.78, 5) is 26.9. The first-order chi connectivity index (χ1) is 18.7. The lowest BCUT2D eigenvalue weighted by Crippen LogP contribution is -2.52. The SMILES string of the molecule is C=N/C(=C\C=C(/C)[C@H](C)NC(=O)C1(OC)CCC(c2nc(C)cc(Nc3cc(C)[nH]n3)n2)CC1)n1cccn1. The van der Waals surface area contributed by atoms with Crippen LogP contribution in [0, 0.1) is 13.8 Å². The van der Waals surface area contributed by atoms with E-state index in [1.54, 1.807) is 24.2 Å². The first kappa shape index (κ1) is 27.9. The number of rotatable bonds is 10. The highest BCUT2D eigenvalue weighted by Crippen LogP contribution is 2.39. The predicted octanol–water partition coefficient (Wildman–Crippen LogP) is 4.45. The fourth-order valence-corrected chi connectivity index (χ4v) is 4.72. The summed E-state index contributed by atoms with van der Waals surface area (Å²) in [5.41, 5.74) is 1.93. The molecule has 0 radical (unpaired) electrons. The summed E-state index contributed by atoms with van der Waals surface area (Å²) in [6, 6.07) is 5.45. The Morgan fingerprint density at radius 2 is 2.03 bits per heavy atom. The van der Waals surface area contributed by atoms with Crippen LogP contribution in [-0.2, 0) is 9.53 Å². The lowest BCUT2D eigenvalue weighted by atomic mass is 9.77. The van der Waals surface area contributed by atoms with Crippen molar-refractivity contribution in [3.05, 3.63) is 65.5 Å². The second-order valence-corrected chi connectivity index (χ2v) is 10.0. The van der Waals surface area contributed by atoms with Crippen molar-refractivity contribution in [1.82, 2.24) is 35.3 Å². The minimum Gasteiger partial charge on any atom is -0.368 e. The Labute approximate surface area is 228 Å². The van der Waals surface area contributed by atoms with Crippen LogP contribution < -0.4 is 10.6 Å². The number of anilines is 2. The zero-order valence-corrected chi connectivity index (χ0v) is 23.2. The number of hydrogen-bond acceptors (Lipinski definition) is 8. The van der Waals surface area contributed by atoms with Gasteiger partial charge in [0.2, 0.25) is 0 Å². The third kappa shape index (κ3) is 6.66. The molecule has 206 valence electrons. The van der Waals surface area contributed by atoms with Crippen LogP contribution in [0.2, 0.25) is 0 Å². The standard InChI is InChI=1S/C28H37N9O2/c1-18(8-9-25(29-5)37-15-7-14-30-37)21(4)32-27(38)28(39-6)12-10-22(11-13-28)26-31-19(2)16-23(34-26)33-24-17-20(3)35-36-24/h7-9,14-17,21-22H,5,10-13H2,1-4,6H3,(H,32,38)(H2,31,33,34,35,36)/b18-8+,25-9+/t21-,22?,28?/m0/s1. The topological polar surface area (TPSA) is 135 Å². The molecule has 1 atom stereocenters. The number of allylic oxidation sites excluding steroid dienone is 2. The highest BCUT2D eigenvalue weighted by molar-refractivity contribution is 5.86. The Bertz CT molecular complexity index is 1350. The highest BCUT2D eigenvalue weighted by atomic mass is 16.5. The van der Waals surface area contributed by atoms with Crippen LogP contribution in [0.4, 0.5) is 11.6 Å². The maximum Gasteiger partial charge on any atom is 0.252 e. The molecule has 0 aromatic carbocycles. The number of hydrogen-bond donors (Lipinski definition) is 3. The maximum absolute atomic E-state index is 13.4. The third-order valence-corrected chi connectivity index (χ3v) is 7.22. The first-order valence-electron chi connectivity index (χ1n) is 13.1. The van der Waals surface area contributed by atoms with Crippen molar-refractivity contribution in [2.24, 2.45) is 4.99 Å². The number of nitrogens with zero attached hydrogens (tertiary/aromatic N) is 6. The summed E-state index contributed by atoms with van der Waals surface area (Å²) < 4.78 is 7.49. The van der Waals surface area contributed by atoms with Gasteiger partial charge in [0.1, 0.15) is 17.2 Å². The van der Waals surface area contributed by atoms with Gasteiger partial charge in [-0.2, -0.15) is 10.2 Å². The normalized spacial score (nSPS) is 20.9. The van der Waals surface area contributed by atoms with E-state index in [0.29, 0.717) is 30.3 Å². The van der Waals surface area contributed by atoms with Gasteiger partial charge in [-0.25, -0.2) is 19.6 Å². The Kier molecular flexibility index (Phi) is 8.70. The summed E-state index contributed by atoms with van der Waals surface area (Å²) >= 11 is 0. The number of ether oxygens (including phenoxy) is 1. The molecule has 0 unspecified atom stereocenters. The van der Waals surface area contributed by atoms with Crippen molar-refractivity contribution in [2.75, 3.05) is 12.4 Å². The number of methoxy groups -OCH3 is 1. The number of carbonyl (C=O) groups is 1. The average Bonchev–Trinajstić information content (AvgIpc) is 3.60. The largest absolute Gasteiger partial charge is 0.368 e. The van der Waals surface area contributed by atoms with Crippen LogP contribution in [0.25, 0.3) is 5.82 Å². The van der Waals surface area contributed by atoms with Crippen molar-refractivity contribution in [3.63, 3.8) is 0 Å². The molecule has 1 aliphatic carbocycles. The fourth-order valence-electron chi connectivity index (χ4n) is 4.72. The maximum atomic E-state index is 13.4. The van der Waals surface area contributed by atoms with Crippen molar-refractivity contribution in [3.8, 4) is 0 Å². The Balaban J connectivity index is 1.39. The lowest BCUT2D eigenvalue weighted by Gasteiger charge is -2.38. The van der Waals surface area contributed by atoms with E-state index in [9.17, 15) is 4.79 Å². The molecule has 0 saturated heterocycles. The molecule has 4 rings (SSSR count). The van der Waals surface area contributed by atoms with Crippen LogP contribution >= 0.6 is 0 Å². The first-order valence-corrected chi connectivity index (χ1v) is 13.1. The Morgan fingerprint density at radius 3 is 2.64 bits per heavy atom. The number of carbonyl (C=O) groups excluding carboxylic acids is 1. The van der Waals surface area contributed by atoms with E-state index in [0.717, 1.165) is 35.6 Å². The second kappa shape index (κ2) is 12.2. The molecule has 1 saturated carbocycles. The van der Waals surface area contributed by atoms with E-state index < -0.39 is 5.60 Å². The number of aromatic amines is 1. The van der Waals surface area contributed by atoms with Gasteiger partial charge in [0.05, 0.1) is 0 Å². The molecule has 3 aromatic heterocycles. The molecule has 3 heterocycles. The summed E-state index contributed by atoms with van der Waals surface area (Å²) in [6.07, 6.45) is 9.87. The zero-order valence-electron chi connectivity index (χ0n) is 23.2. The molecule has 3 aromatic rings. The number of nitrogens with one attached hydrogen (secondary N) is 3. The highest BCUT2D eigenvalue weighted by Gasteiger charge is 2.43. The molecule has 1 amide bonds. The molecule has 3 N–H and O–H groups in total. The van der Waals surface area contributed by atoms with E-state index in [1.807, 2.05) is 58.0 Å². The van der Waals surface area contributed by atoms with Crippen molar-refractivity contribution in [2.45, 2.75) is 70.9 Å². The van der Waals surface area contributed by atoms with Gasteiger partial charge >= 0.3 is 0 Å². The molecular formula is C28H37N9O2. The van der Waals surface area contributed by atoms with Gasteiger partial charge in [-0.15, -0.1) is 0 Å². The summed E-state index contributed by atoms with van der Waals surface area (Å²) in [5, 5.41) is 17.7. The molecule has 39 heavy (non-hydrogen) atoms. The lowest BCUT2D eigenvalue weighted by molar-refractivity contribution is -0.148. The molecule has 11 heteroatoms. The number of aryl methyl sites for hydroxylation is 2. The van der Waals surface area contributed by atoms with E-state index in [-0.39, 0.29) is 17.9 Å². The number of aliphatic imine (C=N–C) groups is 1. The van der Waals surface area contributed by atoms with E-state index in [1.165, 1.54) is 0 Å². The number of amides is 1. The number of aromatic nitrogens is 6. The van der Waals surface area contributed by atoms with Crippen LogP contribution in [0.1, 0.15) is 62.7 Å². The van der Waals surface area contributed by atoms with E-state index in [4.69, 9.17) is 14.7 Å². The minimum absolute atomic E-state index is 0.108. The molecule has 1 fully saturated rings. The molecule has 0 spiro atoms. The molecule has 11 nitrogen and oxygen atoms in total. The summed E-state index contributed by atoms with van der Waals surface area (Å²) in [6.45, 7) is 11.4. The average molecular weight is 532 g/mol. The zero-order chi connectivity index (χ0) is 28.0.